The maximum atomic E-state index is 5.37. The summed E-state index contributed by atoms with van der Waals surface area (Å²) in [6.45, 7) is 30.2. The minimum absolute atomic E-state index is 0. The van der Waals surface area contributed by atoms with E-state index in [4.69, 9.17) is 9.97 Å². The Morgan fingerprint density at radius 1 is 0.657 bits per heavy atom. The third-order valence-corrected chi connectivity index (χ3v) is 15.5. The van der Waals surface area contributed by atoms with E-state index in [1.807, 2.05) is 29.5 Å². The van der Waals surface area contributed by atoms with Crippen LogP contribution in [0.4, 0.5) is 0 Å². The monoisotopic (exact) mass is 1090 g/mol. The molecule has 0 fully saturated rings. The van der Waals surface area contributed by atoms with E-state index in [1.54, 1.807) is 0 Å². The van der Waals surface area contributed by atoms with Gasteiger partial charge in [0.2, 0.25) is 0 Å². The van der Waals surface area contributed by atoms with Gasteiger partial charge in [0.1, 0.15) is 0 Å². The number of rotatable bonds is 9. The zero-order chi connectivity index (χ0) is 47.1. The quantitative estimate of drug-likeness (QED) is 0.107. The number of hydrogen-bond donors (Lipinski definition) is 0. The number of aromatic nitrogens is 3. The van der Waals surface area contributed by atoms with E-state index in [1.165, 1.54) is 64.4 Å². The van der Waals surface area contributed by atoms with Gasteiger partial charge < -0.3 is 9.55 Å². The van der Waals surface area contributed by atoms with Crippen LogP contribution in [0, 0.1) is 23.0 Å². The van der Waals surface area contributed by atoms with E-state index >= 15 is 0 Å². The van der Waals surface area contributed by atoms with E-state index in [0.717, 1.165) is 46.5 Å². The van der Waals surface area contributed by atoms with Gasteiger partial charge in [-0.15, -0.1) is 54.1 Å². The molecule has 6 heteroatoms. The van der Waals surface area contributed by atoms with Gasteiger partial charge in [-0.1, -0.05) is 166 Å². The molecule has 3 aromatic heterocycles. The summed E-state index contributed by atoms with van der Waals surface area (Å²) in [6, 6.07) is 52.8. The van der Waals surface area contributed by atoms with Crippen LogP contribution >= 0.6 is 11.3 Å². The molecule has 9 aromatic rings. The standard InChI is InChI=1S/C42H41N2S.C19H26NSi.Ir/c1-26(2)34-23-30(29-14-9-8-10-15-29)24-35(27(3)4)39(34)44-37-19-12-11-18-36(37)43-41(44)33-17-13-16-32-31-21-20-28(25-42(5,6)7)22-38(31)45-40(32)33;1-19(2,3)13-16-12-17(15-10-8-7-9-11-15)20-14-18(16)21(4,5)6;/h8-16,18-24,26-27H,25H2,1-7H3;7-10,12,14H,13H2,1-6H3;/q2*-1;. The molecule has 3 nitrogen and oxygen atoms in total. The summed E-state index contributed by atoms with van der Waals surface area (Å²) < 4.78 is 5.01. The van der Waals surface area contributed by atoms with E-state index in [9.17, 15) is 0 Å². The van der Waals surface area contributed by atoms with E-state index < -0.39 is 8.07 Å². The Balaban J connectivity index is 0.000000255. The Morgan fingerprint density at radius 2 is 1.31 bits per heavy atom. The molecule has 0 saturated heterocycles. The summed E-state index contributed by atoms with van der Waals surface area (Å²) in [7, 11) is -1.37. The van der Waals surface area contributed by atoms with Crippen LogP contribution in [-0.4, -0.2) is 22.6 Å². The Kier molecular flexibility index (Phi) is 14.9. The third kappa shape index (κ3) is 11.2. The van der Waals surface area contributed by atoms with Crippen molar-refractivity contribution < 1.29 is 20.1 Å². The molecule has 0 saturated carbocycles. The summed E-state index contributed by atoms with van der Waals surface area (Å²) >= 11 is 1.87. The van der Waals surface area contributed by atoms with Crippen molar-refractivity contribution in [2.24, 2.45) is 10.8 Å². The predicted octanol–water partition coefficient (Wildman–Crippen LogP) is 17.0. The molecular weight excluding hydrogens is 1030 g/mol. The fourth-order valence-corrected chi connectivity index (χ4v) is 12.1. The van der Waals surface area contributed by atoms with Gasteiger partial charge in [0.15, 0.2) is 0 Å². The van der Waals surface area contributed by atoms with Gasteiger partial charge in [0.25, 0.3) is 0 Å². The summed E-state index contributed by atoms with van der Waals surface area (Å²) in [5.41, 5.74) is 15.1. The SMILES string of the molecule is CC(C)(C)Cc1cc(-c2[c-]cccc2)ncc1[Si](C)(C)C.CC(C)c1cc(-c2ccccc2)cc(C(C)C)c1-n1c(-c2[c-]ccc3c2sc2cc(CC(C)(C)C)ccc23)nc2ccccc21.[Ir]. The third-order valence-electron chi connectivity index (χ3n) is 12.3. The molecule has 9 rings (SSSR count). The molecule has 0 aliphatic rings. The maximum absolute atomic E-state index is 5.37. The van der Waals surface area contributed by atoms with Crippen LogP contribution < -0.4 is 5.19 Å². The molecule has 347 valence electrons. The van der Waals surface area contributed by atoms with Gasteiger partial charge in [-0.3, -0.25) is 4.98 Å². The first-order valence-corrected chi connectivity index (χ1v) is 28.1. The van der Waals surface area contributed by atoms with E-state index in [2.05, 4.69) is 221 Å². The van der Waals surface area contributed by atoms with Crippen LogP contribution in [0.25, 0.3) is 70.7 Å². The first-order chi connectivity index (χ1) is 31.3. The number of hydrogen-bond acceptors (Lipinski definition) is 3. The Bertz CT molecular complexity index is 3110. The average molecular weight is 1090 g/mol. The second-order valence-corrected chi connectivity index (χ2v) is 28.3. The maximum Gasteiger partial charge on any atom is 0.0798 e. The topological polar surface area (TPSA) is 30.7 Å². The number of benzene rings is 6. The minimum atomic E-state index is -1.37. The molecule has 3 heterocycles. The fourth-order valence-electron chi connectivity index (χ4n) is 9.30. The Labute approximate surface area is 419 Å². The molecular formula is C61H67IrN3SSi-2. The zero-order valence-electron chi connectivity index (χ0n) is 41.9. The van der Waals surface area contributed by atoms with Gasteiger partial charge in [0.05, 0.1) is 24.9 Å². The molecule has 0 bridgehead atoms. The molecule has 0 aliphatic carbocycles. The molecule has 0 spiro atoms. The number of nitrogens with zero attached hydrogens (tertiary/aromatic N) is 3. The van der Waals surface area contributed by atoms with Crippen LogP contribution in [0.3, 0.4) is 0 Å². The van der Waals surface area contributed by atoms with E-state index in [-0.39, 0.29) is 30.9 Å². The smallest absolute Gasteiger partial charge is 0.0798 e. The fraction of sp³-hybridized carbons (Fsp3) is 0.311. The Hall–Kier alpha value is -4.97. The van der Waals surface area contributed by atoms with Crippen molar-refractivity contribution in [3.05, 3.63) is 168 Å². The summed E-state index contributed by atoms with van der Waals surface area (Å²) in [5.74, 6) is 1.60. The molecule has 0 unspecified atom stereocenters. The van der Waals surface area contributed by atoms with Gasteiger partial charge >= 0.3 is 0 Å². The van der Waals surface area contributed by atoms with Crippen molar-refractivity contribution in [3.63, 3.8) is 0 Å². The van der Waals surface area contributed by atoms with Crippen molar-refractivity contribution in [3.8, 4) is 39.5 Å². The molecule has 67 heavy (non-hydrogen) atoms. The van der Waals surface area contributed by atoms with Crippen molar-refractivity contribution in [2.45, 2.75) is 114 Å². The molecule has 0 N–H and O–H groups in total. The van der Waals surface area contributed by atoms with Gasteiger partial charge in [-0.05, 0) is 115 Å². The largest absolute Gasteiger partial charge is 0.333 e. The second-order valence-electron chi connectivity index (χ2n) is 22.2. The van der Waals surface area contributed by atoms with Gasteiger partial charge in [-0.2, -0.15) is 11.3 Å². The summed E-state index contributed by atoms with van der Waals surface area (Å²) in [6.07, 6.45) is 4.26. The van der Waals surface area contributed by atoms with Crippen LogP contribution in [0.15, 0.2) is 134 Å². The summed E-state index contributed by atoms with van der Waals surface area (Å²) in [5, 5.41) is 4.07. The summed E-state index contributed by atoms with van der Waals surface area (Å²) in [4.78, 5) is 10.1. The number of fused-ring (bicyclic) bond motifs is 4. The zero-order valence-corrected chi connectivity index (χ0v) is 46.1. The van der Waals surface area contributed by atoms with Gasteiger partial charge in [0, 0.05) is 36.7 Å². The first kappa shape index (κ1) is 49.9. The van der Waals surface area contributed by atoms with E-state index in [0.29, 0.717) is 11.8 Å². The average Bonchev–Trinajstić information content (AvgIpc) is 3.83. The first-order valence-electron chi connectivity index (χ1n) is 23.8. The number of thiophene rings is 1. The van der Waals surface area contributed by atoms with Gasteiger partial charge in [-0.25, -0.2) is 0 Å². The van der Waals surface area contributed by atoms with Crippen LogP contribution in [0.1, 0.15) is 103 Å². The van der Waals surface area contributed by atoms with Crippen LogP contribution in [-0.2, 0) is 32.9 Å². The molecule has 0 atom stereocenters. The molecule has 0 amide bonds. The molecule has 1 radical (unpaired) electrons. The Morgan fingerprint density at radius 3 is 1.94 bits per heavy atom. The van der Waals surface area contributed by atoms with Crippen LogP contribution in [0.2, 0.25) is 19.6 Å². The molecule has 6 aromatic carbocycles. The second kappa shape index (κ2) is 19.9. The van der Waals surface area contributed by atoms with Crippen molar-refractivity contribution in [1.82, 2.24) is 14.5 Å². The van der Waals surface area contributed by atoms with Crippen LogP contribution in [0.5, 0.6) is 0 Å². The number of pyridine rings is 1. The number of para-hydroxylation sites is 2. The normalized spacial score (nSPS) is 12.2. The minimum Gasteiger partial charge on any atom is -0.333 e. The van der Waals surface area contributed by atoms with Crippen molar-refractivity contribution >= 4 is 55.8 Å². The molecule has 0 aliphatic heterocycles. The predicted molar refractivity (Wildman–Crippen MR) is 290 cm³/mol. The van der Waals surface area contributed by atoms with Crippen molar-refractivity contribution in [2.75, 3.05) is 0 Å². The van der Waals surface area contributed by atoms with Crippen molar-refractivity contribution in [1.29, 1.82) is 0 Å². The number of imidazole rings is 1.